The fourth-order valence-corrected chi connectivity index (χ4v) is 3.23. The first-order chi connectivity index (χ1) is 12.1. The smallest absolute Gasteiger partial charge is 0.230 e. The van der Waals surface area contributed by atoms with E-state index in [-0.39, 0.29) is 18.1 Å². The number of nitrogens with one attached hydrogen (secondary N) is 1. The summed E-state index contributed by atoms with van der Waals surface area (Å²) in [7, 11) is 1.63. The van der Waals surface area contributed by atoms with Crippen molar-refractivity contribution in [1.82, 2.24) is 4.98 Å². The Morgan fingerprint density at radius 3 is 2.88 bits per heavy atom. The molecule has 2 aromatic carbocycles. The van der Waals surface area contributed by atoms with Crippen LogP contribution in [0.2, 0.25) is 0 Å². The molecular formula is C19H17FN2O2S. The Bertz CT molecular complexity index is 879. The van der Waals surface area contributed by atoms with Crippen LogP contribution in [-0.4, -0.2) is 18.0 Å². The number of aromatic nitrogens is 1. The molecule has 1 N–H and O–H groups in total. The minimum absolute atomic E-state index is 0.148. The normalized spacial score (nSPS) is 10.6. The predicted octanol–water partition coefficient (Wildman–Crippen LogP) is 4.28. The molecule has 1 amide bonds. The lowest BCUT2D eigenvalue weighted by Crippen LogP contribution is -2.14. The van der Waals surface area contributed by atoms with Crippen molar-refractivity contribution < 1.29 is 13.9 Å². The second kappa shape index (κ2) is 8.00. The number of rotatable bonds is 6. The average Bonchev–Trinajstić information content (AvgIpc) is 3.04. The lowest BCUT2D eigenvalue weighted by Gasteiger charge is -2.06. The summed E-state index contributed by atoms with van der Waals surface area (Å²) in [6.45, 7) is 0.493. The third-order valence-electron chi connectivity index (χ3n) is 3.49. The van der Waals surface area contributed by atoms with Crippen LogP contribution in [0.4, 0.5) is 10.1 Å². The topological polar surface area (TPSA) is 51.2 Å². The number of methoxy groups -OCH3 is 1. The van der Waals surface area contributed by atoms with Crippen LogP contribution in [0.15, 0.2) is 53.9 Å². The number of hydrogen-bond donors (Lipinski definition) is 1. The van der Waals surface area contributed by atoms with Crippen LogP contribution in [0.3, 0.4) is 0 Å². The van der Waals surface area contributed by atoms with Crippen molar-refractivity contribution in [1.29, 1.82) is 0 Å². The summed E-state index contributed by atoms with van der Waals surface area (Å²) in [5.74, 6) is -0.450. The summed E-state index contributed by atoms with van der Waals surface area (Å²) in [6.07, 6.45) is 0.167. The fraction of sp³-hybridized carbons (Fsp3) is 0.158. The van der Waals surface area contributed by atoms with E-state index in [2.05, 4.69) is 10.3 Å². The van der Waals surface area contributed by atoms with Gasteiger partial charge in [-0.3, -0.25) is 4.79 Å². The summed E-state index contributed by atoms with van der Waals surface area (Å²) in [5.41, 5.74) is 3.08. The SMILES string of the molecule is COCc1cccc(NC(=O)Cc2csc(-c3cccc(F)c3)n2)c1. The van der Waals surface area contributed by atoms with Gasteiger partial charge in [-0.1, -0.05) is 24.3 Å². The number of hydrogen-bond acceptors (Lipinski definition) is 4. The molecule has 25 heavy (non-hydrogen) atoms. The van der Waals surface area contributed by atoms with E-state index in [0.29, 0.717) is 22.9 Å². The number of amides is 1. The van der Waals surface area contributed by atoms with Crippen LogP contribution in [0, 0.1) is 5.82 Å². The third kappa shape index (κ3) is 4.71. The Labute approximate surface area is 149 Å². The van der Waals surface area contributed by atoms with Crippen LogP contribution in [0.25, 0.3) is 10.6 Å². The molecule has 0 unspecified atom stereocenters. The highest BCUT2D eigenvalue weighted by Crippen LogP contribution is 2.24. The lowest BCUT2D eigenvalue weighted by atomic mass is 10.2. The van der Waals surface area contributed by atoms with Crippen molar-refractivity contribution in [3.8, 4) is 10.6 Å². The van der Waals surface area contributed by atoms with Gasteiger partial charge in [-0.05, 0) is 29.8 Å². The van der Waals surface area contributed by atoms with Gasteiger partial charge in [0.15, 0.2) is 0 Å². The number of thiazole rings is 1. The van der Waals surface area contributed by atoms with Crippen molar-refractivity contribution in [3.63, 3.8) is 0 Å². The Balaban J connectivity index is 1.65. The van der Waals surface area contributed by atoms with Gasteiger partial charge in [0.1, 0.15) is 10.8 Å². The van der Waals surface area contributed by atoms with Crippen molar-refractivity contribution in [2.45, 2.75) is 13.0 Å². The van der Waals surface area contributed by atoms with E-state index in [1.54, 1.807) is 19.2 Å². The zero-order chi connectivity index (χ0) is 17.6. The van der Waals surface area contributed by atoms with E-state index in [0.717, 1.165) is 11.3 Å². The fourth-order valence-electron chi connectivity index (χ4n) is 2.42. The quantitative estimate of drug-likeness (QED) is 0.717. The van der Waals surface area contributed by atoms with Gasteiger partial charge in [-0.25, -0.2) is 9.37 Å². The van der Waals surface area contributed by atoms with Crippen molar-refractivity contribution in [2.75, 3.05) is 12.4 Å². The van der Waals surface area contributed by atoms with E-state index in [4.69, 9.17) is 4.74 Å². The van der Waals surface area contributed by atoms with Crippen molar-refractivity contribution >= 4 is 22.9 Å². The first-order valence-electron chi connectivity index (χ1n) is 7.72. The third-order valence-corrected chi connectivity index (χ3v) is 4.43. The standard InChI is InChI=1S/C19H17FN2O2S/c1-24-11-13-4-2-7-16(8-13)21-18(23)10-17-12-25-19(22-17)14-5-3-6-15(20)9-14/h2-9,12H,10-11H2,1H3,(H,21,23). The highest BCUT2D eigenvalue weighted by Gasteiger charge is 2.10. The van der Waals surface area contributed by atoms with E-state index in [1.807, 2.05) is 29.6 Å². The highest BCUT2D eigenvalue weighted by atomic mass is 32.1. The van der Waals surface area contributed by atoms with Crippen molar-refractivity contribution in [2.24, 2.45) is 0 Å². The van der Waals surface area contributed by atoms with Gasteiger partial charge in [0.05, 0.1) is 18.7 Å². The molecule has 3 aromatic rings. The maximum absolute atomic E-state index is 13.3. The van der Waals surface area contributed by atoms with E-state index in [9.17, 15) is 9.18 Å². The number of anilines is 1. The molecular weight excluding hydrogens is 339 g/mol. The molecule has 1 aromatic heterocycles. The first-order valence-corrected chi connectivity index (χ1v) is 8.60. The molecule has 0 fully saturated rings. The van der Waals surface area contributed by atoms with Gasteiger partial charge in [-0.15, -0.1) is 11.3 Å². The molecule has 128 valence electrons. The van der Waals surface area contributed by atoms with Crippen LogP contribution in [-0.2, 0) is 22.6 Å². The summed E-state index contributed by atoms with van der Waals surface area (Å²) < 4.78 is 18.4. The molecule has 0 aliphatic carbocycles. The Morgan fingerprint density at radius 1 is 1.24 bits per heavy atom. The molecule has 0 aliphatic rings. The first kappa shape index (κ1) is 17.3. The van der Waals surface area contributed by atoms with Gasteiger partial charge < -0.3 is 10.1 Å². The predicted molar refractivity (Wildman–Crippen MR) is 97.0 cm³/mol. The molecule has 4 nitrogen and oxygen atoms in total. The largest absolute Gasteiger partial charge is 0.380 e. The summed E-state index contributed by atoms with van der Waals surface area (Å²) in [6, 6.07) is 13.8. The van der Waals surface area contributed by atoms with Crippen LogP contribution < -0.4 is 5.32 Å². The van der Waals surface area contributed by atoms with Crippen molar-refractivity contribution in [3.05, 3.63) is 71.0 Å². The Morgan fingerprint density at radius 2 is 2.08 bits per heavy atom. The maximum Gasteiger partial charge on any atom is 0.230 e. The number of benzene rings is 2. The zero-order valence-electron chi connectivity index (χ0n) is 13.7. The van der Waals surface area contributed by atoms with Crippen LogP contribution >= 0.6 is 11.3 Å². The van der Waals surface area contributed by atoms with Crippen LogP contribution in [0.1, 0.15) is 11.3 Å². The molecule has 0 atom stereocenters. The minimum Gasteiger partial charge on any atom is -0.380 e. The summed E-state index contributed by atoms with van der Waals surface area (Å²) in [5, 5.41) is 5.38. The molecule has 0 spiro atoms. The van der Waals surface area contributed by atoms with Gasteiger partial charge >= 0.3 is 0 Å². The van der Waals surface area contributed by atoms with Gasteiger partial charge in [0.25, 0.3) is 0 Å². The molecule has 6 heteroatoms. The molecule has 0 bridgehead atoms. The van der Waals surface area contributed by atoms with Gasteiger partial charge in [0.2, 0.25) is 5.91 Å². The van der Waals surface area contributed by atoms with Gasteiger partial charge in [0, 0.05) is 23.7 Å². The number of carbonyl (C=O) groups excluding carboxylic acids is 1. The molecule has 0 saturated heterocycles. The Hall–Kier alpha value is -2.57. The average molecular weight is 356 g/mol. The number of carbonyl (C=O) groups is 1. The van der Waals surface area contributed by atoms with Crippen LogP contribution in [0.5, 0.6) is 0 Å². The minimum atomic E-state index is -0.303. The monoisotopic (exact) mass is 356 g/mol. The second-order valence-electron chi connectivity index (χ2n) is 5.51. The number of ether oxygens (including phenoxy) is 1. The summed E-state index contributed by atoms with van der Waals surface area (Å²) in [4.78, 5) is 16.6. The molecule has 0 saturated carbocycles. The number of nitrogens with zero attached hydrogens (tertiary/aromatic N) is 1. The maximum atomic E-state index is 13.3. The lowest BCUT2D eigenvalue weighted by molar-refractivity contribution is -0.115. The van der Waals surface area contributed by atoms with E-state index in [1.165, 1.54) is 23.5 Å². The molecule has 0 radical (unpaired) electrons. The molecule has 0 aliphatic heterocycles. The second-order valence-corrected chi connectivity index (χ2v) is 6.37. The molecule has 1 heterocycles. The van der Waals surface area contributed by atoms with Gasteiger partial charge in [-0.2, -0.15) is 0 Å². The highest BCUT2D eigenvalue weighted by molar-refractivity contribution is 7.13. The molecule has 3 rings (SSSR count). The zero-order valence-corrected chi connectivity index (χ0v) is 14.5. The Kier molecular flexibility index (Phi) is 5.53. The van der Waals surface area contributed by atoms with E-state index >= 15 is 0 Å². The summed E-state index contributed by atoms with van der Waals surface area (Å²) >= 11 is 1.39. The number of halogens is 1. The van der Waals surface area contributed by atoms with E-state index < -0.39 is 0 Å².